The van der Waals surface area contributed by atoms with Crippen LogP contribution in [-0.2, 0) is 11.2 Å². The van der Waals surface area contributed by atoms with Gasteiger partial charge in [0.05, 0.1) is 18.6 Å². The number of aromatic nitrogens is 1. The molecule has 7 nitrogen and oxygen atoms in total. The highest BCUT2D eigenvalue weighted by molar-refractivity contribution is 7.15. The Morgan fingerprint density at radius 1 is 1.18 bits per heavy atom. The molecule has 0 spiro atoms. The van der Waals surface area contributed by atoms with Crippen LogP contribution in [0, 0.1) is 5.92 Å². The molecular formula is C24H23Cl2NO6S. The first-order valence-corrected chi connectivity index (χ1v) is 12.0. The SMILES string of the molecule is COc1ccc(C(Cc2c(Cl)c[nH+]cc2Cl)OC(=O)c2ccc(C=O)s2)cc1OCC1CC1.[OH-]. The Labute approximate surface area is 210 Å². The van der Waals surface area contributed by atoms with E-state index in [1.165, 1.54) is 0 Å². The fourth-order valence-corrected chi connectivity index (χ4v) is 4.53. The first-order valence-electron chi connectivity index (χ1n) is 10.4. The largest absolute Gasteiger partial charge is 0.870 e. The Morgan fingerprint density at radius 3 is 2.53 bits per heavy atom. The lowest BCUT2D eigenvalue weighted by Crippen LogP contribution is -2.15. The number of pyridine rings is 1. The number of rotatable bonds is 10. The zero-order chi connectivity index (χ0) is 23.4. The number of carbonyl (C=O) groups excluding carboxylic acids is 2. The molecule has 1 atom stereocenters. The van der Waals surface area contributed by atoms with Gasteiger partial charge in [0, 0.05) is 12.0 Å². The van der Waals surface area contributed by atoms with Gasteiger partial charge in [-0.3, -0.25) is 4.79 Å². The van der Waals surface area contributed by atoms with E-state index in [4.69, 9.17) is 37.4 Å². The summed E-state index contributed by atoms with van der Waals surface area (Å²) in [6.45, 7) is 0.611. The lowest BCUT2D eigenvalue weighted by Gasteiger charge is -2.20. The maximum Gasteiger partial charge on any atom is 0.348 e. The molecule has 0 bridgehead atoms. The Kier molecular flexibility index (Phi) is 8.90. The van der Waals surface area contributed by atoms with E-state index in [2.05, 4.69) is 4.98 Å². The number of thiophene rings is 1. The first kappa shape index (κ1) is 26.0. The van der Waals surface area contributed by atoms with Gasteiger partial charge in [0.15, 0.2) is 30.2 Å². The molecule has 0 aliphatic heterocycles. The average molecular weight is 524 g/mol. The fourth-order valence-electron chi connectivity index (χ4n) is 3.30. The molecule has 2 aromatic heterocycles. The van der Waals surface area contributed by atoms with Crippen LogP contribution in [0.1, 0.15) is 49.4 Å². The van der Waals surface area contributed by atoms with E-state index in [9.17, 15) is 9.59 Å². The van der Waals surface area contributed by atoms with Crippen LogP contribution < -0.4 is 14.5 Å². The topological polar surface area (TPSA) is 106 Å². The predicted molar refractivity (Wildman–Crippen MR) is 128 cm³/mol. The molecule has 1 aliphatic rings. The molecule has 1 fully saturated rings. The summed E-state index contributed by atoms with van der Waals surface area (Å²) in [7, 11) is 1.58. The van der Waals surface area contributed by atoms with Gasteiger partial charge in [0.2, 0.25) is 0 Å². The summed E-state index contributed by atoms with van der Waals surface area (Å²) < 4.78 is 17.3. The number of nitrogens with one attached hydrogen (secondary N) is 1. The Balaban J connectivity index is 0.00000324. The quantitative estimate of drug-likeness (QED) is 0.258. The molecule has 1 saturated carbocycles. The number of hydrogen-bond acceptors (Lipinski definition) is 7. The molecule has 0 radical (unpaired) electrons. The highest BCUT2D eigenvalue weighted by atomic mass is 35.5. The molecule has 180 valence electrons. The second-order valence-corrected chi connectivity index (χ2v) is 9.64. The molecule has 3 aromatic rings. The molecule has 2 N–H and O–H groups in total. The van der Waals surface area contributed by atoms with Crippen LogP contribution in [0.4, 0.5) is 0 Å². The van der Waals surface area contributed by atoms with Crippen molar-refractivity contribution in [2.75, 3.05) is 13.7 Å². The molecule has 1 unspecified atom stereocenters. The van der Waals surface area contributed by atoms with Crippen molar-refractivity contribution < 1.29 is 34.3 Å². The number of benzene rings is 1. The standard InChI is InChI=1S/C24H21Cl2NO5S.H2O/c1-30-20-6-4-15(8-22(20)31-13-14-2-3-14)21(9-17-18(25)10-27-11-19(17)26)32-24(29)23-7-5-16(12-28)33-23;/h4-8,10-12,14,21H,2-3,9,13H2,1H3;1H2. The monoisotopic (exact) mass is 523 g/mol. The van der Waals surface area contributed by atoms with Crippen molar-refractivity contribution in [2.24, 2.45) is 5.92 Å². The third kappa shape index (κ3) is 6.27. The molecule has 1 aliphatic carbocycles. The minimum absolute atomic E-state index is 0. The van der Waals surface area contributed by atoms with E-state index in [-0.39, 0.29) is 11.9 Å². The minimum atomic E-state index is -0.703. The van der Waals surface area contributed by atoms with Crippen molar-refractivity contribution in [1.29, 1.82) is 0 Å². The highest BCUT2D eigenvalue weighted by Gasteiger charge is 2.26. The molecule has 4 rings (SSSR count). The number of ether oxygens (including phenoxy) is 3. The van der Waals surface area contributed by atoms with Gasteiger partial charge in [0.1, 0.15) is 21.0 Å². The molecule has 1 aromatic carbocycles. The van der Waals surface area contributed by atoms with Crippen LogP contribution in [0.25, 0.3) is 0 Å². The van der Waals surface area contributed by atoms with Crippen molar-refractivity contribution in [1.82, 2.24) is 0 Å². The maximum absolute atomic E-state index is 12.9. The van der Waals surface area contributed by atoms with Gasteiger partial charge in [-0.2, -0.15) is 0 Å². The molecule has 0 amide bonds. The summed E-state index contributed by atoms with van der Waals surface area (Å²) in [6.07, 6.45) is 5.81. The predicted octanol–water partition coefficient (Wildman–Crippen LogP) is 5.44. The zero-order valence-corrected chi connectivity index (χ0v) is 20.6. The first-order chi connectivity index (χ1) is 16.0. The fraction of sp³-hybridized carbons (Fsp3) is 0.292. The molecule has 34 heavy (non-hydrogen) atoms. The summed E-state index contributed by atoms with van der Waals surface area (Å²) in [5.74, 6) is 1.21. The van der Waals surface area contributed by atoms with Crippen molar-refractivity contribution in [2.45, 2.75) is 25.4 Å². The third-order valence-electron chi connectivity index (χ3n) is 5.31. The number of halogens is 2. The van der Waals surface area contributed by atoms with Gasteiger partial charge < -0.3 is 19.7 Å². The number of carbonyl (C=O) groups is 2. The van der Waals surface area contributed by atoms with Crippen molar-refractivity contribution in [3.63, 3.8) is 0 Å². The number of esters is 1. The summed E-state index contributed by atoms with van der Waals surface area (Å²) in [4.78, 5) is 27.6. The van der Waals surface area contributed by atoms with Crippen LogP contribution in [0.3, 0.4) is 0 Å². The minimum Gasteiger partial charge on any atom is -0.870 e. The summed E-state index contributed by atoms with van der Waals surface area (Å²) in [5, 5.41) is 0.864. The lowest BCUT2D eigenvalue weighted by molar-refractivity contribution is -0.377. The zero-order valence-electron chi connectivity index (χ0n) is 18.3. The number of H-pyrrole nitrogens is 1. The second kappa shape index (κ2) is 11.7. The second-order valence-electron chi connectivity index (χ2n) is 7.71. The van der Waals surface area contributed by atoms with Gasteiger partial charge in [-0.25, -0.2) is 9.78 Å². The third-order valence-corrected chi connectivity index (χ3v) is 6.98. The summed E-state index contributed by atoms with van der Waals surface area (Å²) in [6, 6.07) is 8.59. The molecular weight excluding hydrogens is 501 g/mol. The van der Waals surface area contributed by atoms with E-state index in [0.717, 1.165) is 24.2 Å². The number of methoxy groups -OCH3 is 1. The van der Waals surface area contributed by atoms with E-state index in [1.54, 1.807) is 37.7 Å². The molecule has 2 heterocycles. The summed E-state index contributed by atoms with van der Waals surface area (Å²) in [5.41, 5.74) is 1.35. The van der Waals surface area contributed by atoms with Crippen molar-refractivity contribution in [3.05, 3.63) is 73.7 Å². The maximum atomic E-state index is 12.9. The highest BCUT2D eigenvalue weighted by Crippen LogP contribution is 2.37. The molecule has 10 heteroatoms. The van der Waals surface area contributed by atoms with Crippen LogP contribution in [-0.4, -0.2) is 31.4 Å². The van der Waals surface area contributed by atoms with Crippen molar-refractivity contribution >= 4 is 46.8 Å². The Hall–Kier alpha value is -2.65. The van der Waals surface area contributed by atoms with E-state index in [1.807, 2.05) is 12.1 Å². The summed E-state index contributed by atoms with van der Waals surface area (Å²) >= 11 is 13.8. The van der Waals surface area contributed by atoms with Crippen LogP contribution in [0.5, 0.6) is 11.5 Å². The smallest absolute Gasteiger partial charge is 0.348 e. The van der Waals surface area contributed by atoms with Crippen LogP contribution in [0.15, 0.2) is 42.7 Å². The lowest BCUT2D eigenvalue weighted by atomic mass is 10.0. The Morgan fingerprint density at radius 2 is 1.91 bits per heavy atom. The molecule has 0 saturated heterocycles. The van der Waals surface area contributed by atoms with Gasteiger partial charge in [0.25, 0.3) is 0 Å². The van der Waals surface area contributed by atoms with E-state index in [0.29, 0.717) is 61.2 Å². The van der Waals surface area contributed by atoms with Gasteiger partial charge >= 0.3 is 5.97 Å². The normalized spacial score (nSPS) is 13.5. The number of aromatic amines is 1. The average Bonchev–Trinajstić information content (AvgIpc) is 3.52. The van der Waals surface area contributed by atoms with Crippen molar-refractivity contribution in [3.8, 4) is 11.5 Å². The number of hydrogen-bond donors (Lipinski definition) is 0. The van der Waals surface area contributed by atoms with Crippen LogP contribution >= 0.6 is 34.5 Å². The van der Waals surface area contributed by atoms with E-state index < -0.39 is 12.1 Å². The van der Waals surface area contributed by atoms with Crippen LogP contribution in [0.2, 0.25) is 10.0 Å². The van der Waals surface area contributed by atoms with Gasteiger partial charge in [-0.1, -0.05) is 29.3 Å². The van der Waals surface area contributed by atoms with Gasteiger partial charge in [-0.05, 0) is 48.6 Å². The Bertz CT molecular complexity index is 1140. The number of aldehydes is 1. The van der Waals surface area contributed by atoms with Gasteiger partial charge in [-0.15, -0.1) is 11.3 Å². The van der Waals surface area contributed by atoms with E-state index >= 15 is 0 Å².